The first kappa shape index (κ1) is 31.7. The van der Waals surface area contributed by atoms with Crippen molar-refractivity contribution in [2.75, 3.05) is 38.2 Å². The Morgan fingerprint density at radius 1 is 0.841 bits per heavy atom. The van der Waals surface area contributed by atoms with Gasteiger partial charge in [-0.3, -0.25) is 10.1 Å². The number of anilines is 1. The minimum Gasteiger partial charge on any atom is -0.460 e. The predicted molar refractivity (Wildman–Crippen MR) is 174 cm³/mol. The number of benzene rings is 3. The Labute approximate surface area is 261 Å². The molecule has 1 saturated heterocycles. The van der Waals surface area contributed by atoms with E-state index in [4.69, 9.17) is 14.2 Å². The Hall–Kier alpha value is -3.68. The SMILES string of the molecule is CC(C)(C)OC(=O)CCOCCc1cccc(CCN2C[C@H]3C[C@H](OC(=O)Nc4ccccc4-c4ccccc4)C[C@H]3C2)c1. The van der Waals surface area contributed by atoms with Crippen molar-refractivity contribution in [3.8, 4) is 11.1 Å². The molecule has 3 aromatic carbocycles. The summed E-state index contributed by atoms with van der Waals surface area (Å²) < 4.78 is 16.9. The van der Waals surface area contributed by atoms with Crippen molar-refractivity contribution in [1.29, 1.82) is 0 Å². The third-order valence-electron chi connectivity index (χ3n) is 8.42. The van der Waals surface area contributed by atoms with Crippen LogP contribution in [0.1, 0.15) is 51.2 Å². The smallest absolute Gasteiger partial charge is 0.411 e. The summed E-state index contributed by atoms with van der Waals surface area (Å²) in [6.45, 7) is 9.74. The molecule has 7 heteroatoms. The average molecular weight is 599 g/mol. The van der Waals surface area contributed by atoms with Crippen LogP contribution in [-0.4, -0.2) is 61.5 Å². The first-order valence-corrected chi connectivity index (χ1v) is 15.9. The van der Waals surface area contributed by atoms with Gasteiger partial charge in [0.1, 0.15) is 11.7 Å². The molecule has 0 aromatic heterocycles. The number of hydrogen-bond donors (Lipinski definition) is 1. The Morgan fingerprint density at radius 3 is 2.25 bits per heavy atom. The van der Waals surface area contributed by atoms with Crippen LogP contribution < -0.4 is 5.32 Å². The van der Waals surface area contributed by atoms with Crippen LogP contribution in [0.3, 0.4) is 0 Å². The van der Waals surface area contributed by atoms with Crippen LogP contribution in [0.15, 0.2) is 78.9 Å². The van der Waals surface area contributed by atoms with Gasteiger partial charge in [-0.2, -0.15) is 0 Å². The number of hydrogen-bond acceptors (Lipinski definition) is 6. The van der Waals surface area contributed by atoms with Crippen molar-refractivity contribution in [2.24, 2.45) is 11.8 Å². The highest BCUT2D eigenvalue weighted by molar-refractivity contribution is 5.91. The van der Waals surface area contributed by atoms with E-state index in [0.717, 1.165) is 62.1 Å². The number of rotatable bonds is 12. The summed E-state index contributed by atoms with van der Waals surface area (Å²) in [6, 6.07) is 26.6. The Bertz CT molecular complexity index is 1370. The van der Waals surface area contributed by atoms with Crippen LogP contribution in [0.4, 0.5) is 10.5 Å². The lowest BCUT2D eigenvalue weighted by atomic mass is 10.0. The van der Waals surface area contributed by atoms with Crippen LogP contribution in [0.2, 0.25) is 0 Å². The first-order chi connectivity index (χ1) is 21.2. The molecule has 0 spiro atoms. The summed E-state index contributed by atoms with van der Waals surface area (Å²) in [6.07, 6.45) is 3.57. The fourth-order valence-corrected chi connectivity index (χ4v) is 6.44. The molecule has 1 amide bonds. The van der Waals surface area contributed by atoms with Crippen LogP contribution in [0.25, 0.3) is 11.1 Å². The molecule has 1 aliphatic heterocycles. The maximum Gasteiger partial charge on any atom is 0.411 e. The lowest BCUT2D eigenvalue weighted by molar-refractivity contribution is -0.156. The Balaban J connectivity index is 0.999. The van der Waals surface area contributed by atoms with Gasteiger partial charge in [0.2, 0.25) is 0 Å². The second kappa shape index (κ2) is 14.9. The quantitative estimate of drug-likeness (QED) is 0.176. The van der Waals surface area contributed by atoms with Crippen molar-refractivity contribution in [1.82, 2.24) is 4.90 Å². The highest BCUT2D eigenvalue weighted by atomic mass is 16.6. The van der Waals surface area contributed by atoms with E-state index in [1.807, 2.05) is 75.4 Å². The standard InChI is InChI=1S/C37H46N2O5/c1-37(2,3)44-35(40)18-21-42-20-17-28-11-9-10-27(22-28)16-19-39-25-30-23-32(24-31(30)26-39)43-36(41)38-34-15-8-7-14-33(34)29-12-5-4-6-13-29/h4-15,22,30-32H,16-21,23-26H2,1-3H3,(H,38,41)/t30-,31+,32+. The summed E-state index contributed by atoms with van der Waals surface area (Å²) >= 11 is 0. The lowest BCUT2D eigenvalue weighted by Gasteiger charge is -2.20. The van der Waals surface area contributed by atoms with Gasteiger partial charge in [-0.15, -0.1) is 0 Å². The fourth-order valence-electron chi connectivity index (χ4n) is 6.44. The molecule has 0 radical (unpaired) electrons. The summed E-state index contributed by atoms with van der Waals surface area (Å²) in [7, 11) is 0. The van der Waals surface area contributed by atoms with E-state index in [2.05, 4.69) is 34.5 Å². The molecular weight excluding hydrogens is 552 g/mol. The van der Waals surface area contributed by atoms with Gasteiger partial charge in [0.05, 0.1) is 25.3 Å². The van der Waals surface area contributed by atoms with E-state index in [9.17, 15) is 9.59 Å². The van der Waals surface area contributed by atoms with Crippen LogP contribution in [-0.2, 0) is 31.8 Å². The zero-order valence-corrected chi connectivity index (χ0v) is 26.3. The number of para-hydroxylation sites is 1. The van der Waals surface area contributed by atoms with Gasteiger partial charge in [-0.25, -0.2) is 4.79 Å². The van der Waals surface area contributed by atoms with Gasteiger partial charge in [0.25, 0.3) is 0 Å². The van der Waals surface area contributed by atoms with Crippen LogP contribution >= 0.6 is 0 Å². The molecule has 2 fully saturated rings. The highest BCUT2D eigenvalue weighted by Crippen LogP contribution is 2.39. The second-order valence-electron chi connectivity index (χ2n) is 13.1. The lowest BCUT2D eigenvalue weighted by Crippen LogP contribution is -2.27. The molecule has 0 unspecified atom stereocenters. The summed E-state index contributed by atoms with van der Waals surface area (Å²) in [4.78, 5) is 27.2. The molecular formula is C37H46N2O5. The van der Waals surface area contributed by atoms with E-state index in [0.29, 0.717) is 25.0 Å². The molecule has 1 saturated carbocycles. The normalized spacial score (nSPS) is 19.8. The topological polar surface area (TPSA) is 77.1 Å². The summed E-state index contributed by atoms with van der Waals surface area (Å²) in [5, 5.41) is 2.99. The van der Waals surface area contributed by atoms with E-state index < -0.39 is 5.60 Å². The number of nitrogens with one attached hydrogen (secondary N) is 1. The summed E-state index contributed by atoms with van der Waals surface area (Å²) in [5.74, 6) is 0.932. The number of amides is 1. The third kappa shape index (κ3) is 9.41. The number of likely N-dealkylation sites (tertiary alicyclic amines) is 1. The zero-order chi connectivity index (χ0) is 30.9. The molecule has 3 atom stereocenters. The monoisotopic (exact) mass is 598 g/mol. The fraction of sp³-hybridized carbons (Fsp3) is 0.459. The molecule has 1 heterocycles. The first-order valence-electron chi connectivity index (χ1n) is 15.9. The minimum atomic E-state index is -0.461. The molecule has 7 nitrogen and oxygen atoms in total. The van der Waals surface area contributed by atoms with Gasteiger partial charge < -0.3 is 19.1 Å². The third-order valence-corrected chi connectivity index (χ3v) is 8.42. The van der Waals surface area contributed by atoms with Crippen molar-refractivity contribution in [3.63, 3.8) is 0 Å². The van der Waals surface area contributed by atoms with E-state index in [1.165, 1.54) is 11.1 Å². The van der Waals surface area contributed by atoms with Gasteiger partial charge in [-0.1, -0.05) is 72.8 Å². The Morgan fingerprint density at radius 2 is 1.52 bits per heavy atom. The maximum absolute atomic E-state index is 12.8. The maximum atomic E-state index is 12.8. The highest BCUT2D eigenvalue weighted by Gasteiger charge is 2.42. The molecule has 234 valence electrons. The van der Waals surface area contributed by atoms with Gasteiger partial charge in [-0.05, 0) is 81.0 Å². The molecule has 3 aromatic rings. The van der Waals surface area contributed by atoms with E-state index >= 15 is 0 Å². The number of esters is 1. The molecule has 5 rings (SSSR count). The van der Waals surface area contributed by atoms with E-state index in [-0.39, 0.29) is 24.6 Å². The number of ether oxygens (including phenoxy) is 3. The number of nitrogens with zero attached hydrogens (tertiary/aromatic N) is 1. The largest absolute Gasteiger partial charge is 0.460 e. The molecule has 44 heavy (non-hydrogen) atoms. The second-order valence-corrected chi connectivity index (χ2v) is 13.1. The van der Waals surface area contributed by atoms with Crippen molar-refractivity contribution < 1.29 is 23.8 Å². The average Bonchev–Trinajstić information content (AvgIpc) is 3.54. The predicted octanol–water partition coefficient (Wildman–Crippen LogP) is 7.15. The van der Waals surface area contributed by atoms with Gasteiger partial charge in [0.15, 0.2) is 0 Å². The molecule has 0 bridgehead atoms. The number of carbonyl (C=O) groups excluding carboxylic acids is 2. The minimum absolute atomic E-state index is 0.0286. The van der Waals surface area contributed by atoms with Crippen molar-refractivity contribution >= 4 is 17.7 Å². The molecule has 2 aliphatic rings. The molecule has 1 N–H and O–H groups in total. The number of fused-ring (bicyclic) bond motifs is 1. The van der Waals surface area contributed by atoms with Crippen molar-refractivity contribution in [2.45, 2.75) is 64.6 Å². The van der Waals surface area contributed by atoms with E-state index in [1.54, 1.807) is 0 Å². The van der Waals surface area contributed by atoms with Crippen LogP contribution in [0, 0.1) is 11.8 Å². The zero-order valence-electron chi connectivity index (χ0n) is 26.3. The van der Waals surface area contributed by atoms with Gasteiger partial charge >= 0.3 is 12.1 Å². The molecule has 1 aliphatic carbocycles. The summed E-state index contributed by atoms with van der Waals surface area (Å²) in [5.41, 5.74) is 4.94. The Kier molecular flexibility index (Phi) is 10.7. The van der Waals surface area contributed by atoms with Crippen molar-refractivity contribution in [3.05, 3.63) is 90.0 Å². The van der Waals surface area contributed by atoms with Crippen LogP contribution in [0.5, 0.6) is 0 Å². The van der Waals surface area contributed by atoms with Gasteiger partial charge in [0, 0.05) is 25.2 Å². The number of carbonyl (C=O) groups is 2.